The molecule has 6 heteroatoms. The molecule has 96 valence electrons. The summed E-state index contributed by atoms with van der Waals surface area (Å²) in [4.78, 5) is 0. The molecule has 0 amide bonds. The summed E-state index contributed by atoms with van der Waals surface area (Å²) in [6.45, 7) is 6.73. The van der Waals surface area contributed by atoms with E-state index in [1.807, 2.05) is 20.8 Å². The van der Waals surface area contributed by atoms with Gasteiger partial charge in [-0.25, -0.2) is 0 Å². The summed E-state index contributed by atoms with van der Waals surface area (Å²) in [6, 6.07) is -0.0160. The third kappa shape index (κ3) is 3.69. The second-order valence-corrected chi connectivity index (χ2v) is 6.60. The molecule has 0 radical (unpaired) electrons. The molecule has 0 bridgehead atoms. The average molecular weight is 249 g/mol. The molecule has 1 rings (SSSR count). The summed E-state index contributed by atoms with van der Waals surface area (Å²) in [6.07, 6.45) is 1.91. The van der Waals surface area contributed by atoms with Crippen LogP contribution in [0.3, 0.4) is 0 Å². The first kappa shape index (κ1) is 13.9. The van der Waals surface area contributed by atoms with Gasteiger partial charge in [0.25, 0.3) is 10.2 Å². The topological polar surface area (TPSA) is 75.4 Å². The van der Waals surface area contributed by atoms with Crippen LogP contribution in [0.2, 0.25) is 0 Å². The first-order chi connectivity index (χ1) is 7.33. The van der Waals surface area contributed by atoms with Gasteiger partial charge < -0.3 is 5.73 Å². The molecule has 0 aromatic rings. The molecular formula is C10H23N3O2S. The first-order valence-corrected chi connectivity index (χ1v) is 7.30. The van der Waals surface area contributed by atoms with E-state index in [0.717, 1.165) is 12.8 Å². The van der Waals surface area contributed by atoms with Crippen LogP contribution in [0.5, 0.6) is 0 Å². The number of nitrogens with zero attached hydrogens (tertiary/aromatic N) is 1. The average Bonchev–Trinajstić information content (AvgIpc) is 2.16. The number of rotatable bonds is 4. The van der Waals surface area contributed by atoms with E-state index in [0.29, 0.717) is 13.1 Å². The van der Waals surface area contributed by atoms with Gasteiger partial charge in [0, 0.05) is 25.2 Å². The minimum absolute atomic E-state index is 0.0528. The smallest absolute Gasteiger partial charge is 0.279 e. The monoisotopic (exact) mass is 249 g/mol. The van der Waals surface area contributed by atoms with Crippen molar-refractivity contribution in [1.82, 2.24) is 9.03 Å². The number of hydrogen-bond donors (Lipinski definition) is 2. The molecule has 0 aromatic heterocycles. The van der Waals surface area contributed by atoms with E-state index in [1.165, 1.54) is 4.31 Å². The van der Waals surface area contributed by atoms with Crippen LogP contribution in [0, 0.1) is 5.92 Å². The van der Waals surface area contributed by atoms with E-state index in [4.69, 9.17) is 5.73 Å². The lowest BCUT2D eigenvalue weighted by Crippen LogP contribution is -2.50. The summed E-state index contributed by atoms with van der Waals surface area (Å²) in [5.74, 6) is 0.275. The third-order valence-electron chi connectivity index (χ3n) is 2.89. The molecule has 0 saturated carbocycles. The zero-order valence-corrected chi connectivity index (χ0v) is 11.1. The Kier molecular flexibility index (Phi) is 4.73. The van der Waals surface area contributed by atoms with Gasteiger partial charge in [0.2, 0.25) is 0 Å². The molecule has 2 atom stereocenters. The van der Waals surface area contributed by atoms with Gasteiger partial charge in [-0.05, 0) is 39.5 Å². The van der Waals surface area contributed by atoms with Crippen molar-refractivity contribution in [3.8, 4) is 0 Å². The summed E-state index contributed by atoms with van der Waals surface area (Å²) in [5.41, 5.74) is 5.83. The molecule has 2 unspecified atom stereocenters. The number of piperidine rings is 1. The largest absolute Gasteiger partial charge is 0.328 e. The Morgan fingerprint density at radius 1 is 1.38 bits per heavy atom. The molecule has 1 heterocycles. The Labute approximate surface area is 98.6 Å². The minimum atomic E-state index is -3.32. The number of nitrogens with one attached hydrogen (secondary N) is 1. The second kappa shape index (κ2) is 5.44. The van der Waals surface area contributed by atoms with Crippen LogP contribution in [0.1, 0.15) is 33.6 Å². The van der Waals surface area contributed by atoms with Crippen molar-refractivity contribution < 1.29 is 8.42 Å². The van der Waals surface area contributed by atoms with E-state index >= 15 is 0 Å². The molecule has 3 N–H and O–H groups in total. The lowest BCUT2D eigenvalue weighted by atomic mass is 9.93. The Bertz CT molecular complexity index is 314. The quantitative estimate of drug-likeness (QED) is 0.752. The predicted molar refractivity (Wildman–Crippen MR) is 65.1 cm³/mol. The third-order valence-corrected chi connectivity index (χ3v) is 4.67. The van der Waals surface area contributed by atoms with Crippen LogP contribution in [0.15, 0.2) is 0 Å². The van der Waals surface area contributed by atoms with Gasteiger partial charge >= 0.3 is 0 Å². The van der Waals surface area contributed by atoms with E-state index < -0.39 is 10.2 Å². The summed E-state index contributed by atoms with van der Waals surface area (Å²) < 4.78 is 28.0. The molecule has 1 aliphatic rings. The zero-order chi connectivity index (χ0) is 12.3. The molecule has 0 aromatic carbocycles. The number of hydrogen-bond acceptors (Lipinski definition) is 3. The van der Waals surface area contributed by atoms with Gasteiger partial charge in [-0.15, -0.1) is 0 Å². The van der Waals surface area contributed by atoms with Crippen LogP contribution in [0.25, 0.3) is 0 Å². The normalized spacial score (nSPS) is 25.9. The molecule has 0 spiro atoms. The van der Waals surface area contributed by atoms with Crippen LogP contribution in [0.4, 0.5) is 0 Å². The fourth-order valence-electron chi connectivity index (χ4n) is 1.99. The van der Waals surface area contributed by atoms with Crippen molar-refractivity contribution >= 4 is 10.2 Å². The van der Waals surface area contributed by atoms with Gasteiger partial charge in [-0.1, -0.05) is 0 Å². The number of nitrogens with two attached hydrogens (primary N) is 1. The Hall–Kier alpha value is -0.170. The highest BCUT2D eigenvalue weighted by atomic mass is 32.2. The van der Waals surface area contributed by atoms with Gasteiger partial charge in [0.15, 0.2) is 0 Å². The molecular weight excluding hydrogens is 226 g/mol. The maximum atomic E-state index is 11.9. The SMILES string of the molecule is CC(C)NS(=O)(=O)N1CCCC(C(C)N)C1. The van der Waals surface area contributed by atoms with Crippen molar-refractivity contribution in [2.24, 2.45) is 11.7 Å². The summed E-state index contributed by atoms with van der Waals surface area (Å²) in [5, 5.41) is 0. The Balaban J connectivity index is 2.66. The molecule has 16 heavy (non-hydrogen) atoms. The van der Waals surface area contributed by atoms with Gasteiger partial charge in [0.1, 0.15) is 0 Å². The molecule has 1 fully saturated rings. The van der Waals surface area contributed by atoms with Crippen LogP contribution in [-0.4, -0.2) is 37.9 Å². The fraction of sp³-hybridized carbons (Fsp3) is 1.00. The lowest BCUT2D eigenvalue weighted by molar-refractivity contribution is 0.240. The van der Waals surface area contributed by atoms with Crippen molar-refractivity contribution in [2.75, 3.05) is 13.1 Å². The van der Waals surface area contributed by atoms with Crippen molar-refractivity contribution in [3.63, 3.8) is 0 Å². The zero-order valence-electron chi connectivity index (χ0n) is 10.3. The van der Waals surface area contributed by atoms with Gasteiger partial charge in [-0.2, -0.15) is 17.4 Å². The second-order valence-electron chi connectivity index (χ2n) is 4.90. The lowest BCUT2D eigenvalue weighted by Gasteiger charge is -2.34. The van der Waals surface area contributed by atoms with Crippen LogP contribution < -0.4 is 10.5 Å². The molecule has 1 saturated heterocycles. The van der Waals surface area contributed by atoms with E-state index in [9.17, 15) is 8.42 Å². The van der Waals surface area contributed by atoms with Crippen molar-refractivity contribution in [2.45, 2.75) is 45.7 Å². The maximum Gasteiger partial charge on any atom is 0.279 e. The molecule has 5 nitrogen and oxygen atoms in total. The van der Waals surface area contributed by atoms with Crippen molar-refractivity contribution in [3.05, 3.63) is 0 Å². The standard InChI is InChI=1S/C10H23N3O2S/c1-8(2)12-16(14,15)13-6-4-5-10(7-13)9(3)11/h8-10,12H,4-7,11H2,1-3H3. The van der Waals surface area contributed by atoms with E-state index in [-0.39, 0.29) is 18.0 Å². The molecule has 0 aliphatic carbocycles. The molecule has 1 aliphatic heterocycles. The maximum absolute atomic E-state index is 11.9. The Morgan fingerprint density at radius 2 is 2.00 bits per heavy atom. The van der Waals surface area contributed by atoms with E-state index in [2.05, 4.69) is 4.72 Å². The van der Waals surface area contributed by atoms with E-state index in [1.54, 1.807) is 0 Å². The highest BCUT2D eigenvalue weighted by molar-refractivity contribution is 7.87. The Morgan fingerprint density at radius 3 is 2.50 bits per heavy atom. The highest BCUT2D eigenvalue weighted by Crippen LogP contribution is 2.20. The van der Waals surface area contributed by atoms with Crippen LogP contribution >= 0.6 is 0 Å². The summed E-state index contributed by atoms with van der Waals surface area (Å²) >= 11 is 0. The summed E-state index contributed by atoms with van der Waals surface area (Å²) in [7, 11) is -3.32. The minimum Gasteiger partial charge on any atom is -0.328 e. The first-order valence-electron chi connectivity index (χ1n) is 5.86. The van der Waals surface area contributed by atoms with Crippen LogP contribution in [-0.2, 0) is 10.2 Å². The predicted octanol–water partition coefficient (Wildman–Crippen LogP) is 0.288. The van der Waals surface area contributed by atoms with Crippen molar-refractivity contribution in [1.29, 1.82) is 0 Å². The fourth-order valence-corrected chi connectivity index (χ4v) is 3.50. The van der Waals surface area contributed by atoms with Gasteiger partial charge in [0.05, 0.1) is 0 Å². The highest BCUT2D eigenvalue weighted by Gasteiger charge is 2.30. The van der Waals surface area contributed by atoms with Gasteiger partial charge in [-0.3, -0.25) is 0 Å².